The van der Waals surface area contributed by atoms with Gasteiger partial charge >= 0.3 is 0 Å². The molecule has 6 atom stereocenters. The lowest BCUT2D eigenvalue weighted by molar-refractivity contribution is -0.135. The lowest BCUT2D eigenvalue weighted by atomic mass is 10.00. The third kappa shape index (κ3) is 21.9. The van der Waals surface area contributed by atoms with Crippen LogP contribution in [-0.4, -0.2) is 109 Å². The molecule has 1 rings (SSSR count). The minimum absolute atomic E-state index is 0.00501. The molecule has 330 valence electrons. The number of carbonyl (C=O) groups excluding carboxylic acids is 7. The van der Waals surface area contributed by atoms with Gasteiger partial charge in [0, 0.05) is 19.5 Å². The van der Waals surface area contributed by atoms with Crippen LogP contribution in [0.25, 0.3) is 0 Å². The molecule has 0 radical (unpaired) electrons. The van der Waals surface area contributed by atoms with Crippen LogP contribution in [-0.2, 0) is 40.0 Å². The van der Waals surface area contributed by atoms with Crippen LogP contribution in [0.4, 0.5) is 0 Å². The number of aliphatic imine (C=N–C) groups is 2. The highest BCUT2D eigenvalue weighted by Gasteiger charge is 2.33. The standard InChI is InChI=1S/C37H65N15O7/c1-21(2)18-27(34(58)52-28(19-22-10-4-3-5-11-22)35(59)50-26(30(41)54)20-29(40)53)51-33(57)25(14-9-17-47-37(44)45)49-32(56)24(13-8-16-46-36(42)43)48-31(55)23(39)12-6-7-15-38/h3-5,10-11,21,23-28H,6-9,12-20,38-39H2,1-2H3,(H2,40,53)(H2,41,54)(H,48,55)(H,49,56)(H,50,59)(H,51,57)(H,52,58)(H4,42,43,46)(H4,44,45,47). The molecule has 0 saturated carbocycles. The van der Waals surface area contributed by atoms with Gasteiger partial charge in [0.25, 0.3) is 0 Å². The summed E-state index contributed by atoms with van der Waals surface area (Å²) in [5.41, 5.74) is 44.8. The van der Waals surface area contributed by atoms with Gasteiger partial charge in [0.1, 0.15) is 30.2 Å². The predicted molar refractivity (Wildman–Crippen MR) is 223 cm³/mol. The molecule has 0 saturated heterocycles. The highest BCUT2D eigenvalue weighted by molar-refractivity contribution is 5.97. The lowest BCUT2D eigenvalue weighted by Crippen LogP contribution is -2.60. The molecular weight excluding hydrogens is 767 g/mol. The summed E-state index contributed by atoms with van der Waals surface area (Å²) in [5.74, 6) is -6.05. The first-order valence-corrected chi connectivity index (χ1v) is 19.5. The Balaban J connectivity index is 3.44. The van der Waals surface area contributed by atoms with Gasteiger partial charge in [0.15, 0.2) is 11.9 Å². The van der Waals surface area contributed by atoms with Crippen LogP contribution in [0.1, 0.15) is 77.2 Å². The first-order chi connectivity index (χ1) is 27.8. The quantitative estimate of drug-likeness (QED) is 0.0206. The summed E-state index contributed by atoms with van der Waals surface area (Å²) < 4.78 is 0. The van der Waals surface area contributed by atoms with Gasteiger partial charge < -0.3 is 72.5 Å². The van der Waals surface area contributed by atoms with Crippen molar-refractivity contribution in [3.05, 3.63) is 35.9 Å². The van der Waals surface area contributed by atoms with E-state index < -0.39 is 84.0 Å². The molecular formula is C37H65N15O7. The lowest BCUT2D eigenvalue weighted by Gasteiger charge is -2.28. The van der Waals surface area contributed by atoms with Crippen LogP contribution in [0.2, 0.25) is 0 Å². The van der Waals surface area contributed by atoms with Gasteiger partial charge in [-0.3, -0.25) is 43.5 Å². The molecule has 0 aliphatic carbocycles. The maximum Gasteiger partial charge on any atom is 0.243 e. The van der Waals surface area contributed by atoms with Crippen molar-refractivity contribution < 1.29 is 33.6 Å². The highest BCUT2D eigenvalue weighted by Crippen LogP contribution is 2.11. The molecule has 21 N–H and O–H groups in total. The van der Waals surface area contributed by atoms with Crippen molar-refractivity contribution in [3.63, 3.8) is 0 Å². The molecule has 0 bridgehead atoms. The van der Waals surface area contributed by atoms with E-state index >= 15 is 0 Å². The van der Waals surface area contributed by atoms with Crippen LogP contribution in [0.15, 0.2) is 40.3 Å². The van der Waals surface area contributed by atoms with E-state index in [1.165, 1.54) is 0 Å². The summed E-state index contributed by atoms with van der Waals surface area (Å²) in [7, 11) is 0. The molecule has 59 heavy (non-hydrogen) atoms. The molecule has 0 spiro atoms. The van der Waals surface area contributed by atoms with Gasteiger partial charge in [-0.2, -0.15) is 0 Å². The molecule has 7 amide bonds. The second kappa shape index (κ2) is 27.6. The van der Waals surface area contributed by atoms with Crippen molar-refractivity contribution in [2.24, 2.45) is 61.8 Å². The van der Waals surface area contributed by atoms with E-state index in [-0.39, 0.29) is 69.5 Å². The third-order valence-electron chi connectivity index (χ3n) is 8.78. The second-order valence-electron chi connectivity index (χ2n) is 14.5. The number of amides is 7. The maximum absolute atomic E-state index is 14.0. The Morgan fingerprint density at radius 3 is 1.51 bits per heavy atom. The Kier molecular flexibility index (Phi) is 23.8. The number of hydrogen-bond acceptors (Lipinski definition) is 11. The monoisotopic (exact) mass is 832 g/mol. The van der Waals surface area contributed by atoms with E-state index in [4.69, 9.17) is 45.9 Å². The summed E-state index contributed by atoms with van der Waals surface area (Å²) in [6.45, 7) is 4.30. The van der Waals surface area contributed by atoms with Crippen LogP contribution in [0.3, 0.4) is 0 Å². The van der Waals surface area contributed by atoms with E-state index in [2.05, 4.69) is 36.6 Å². The largest absolute Gasteiger partial charge is 0.370 e. The van der Waals surface area contributed by atoms with E-state index in [9.17, 15) is 33.6 Å². The fourth-order valence-electron chi connectivity index (χ4n) is 5.74. The van der Waals surface area contributed by atoms with Crippen LogP contribution in [0.5, 0.6) is 0 Å². The molecule has 0 aliphatic heterocycles. The van der Waals surface area contributed by atoms with Gasteiger partial charge in [-0.05, 0) is 63.0 Å². The average Bonchev–Trinajstić information content (AvgIpc) is 3.15. The van der Waals surface area contributed by atoms with E-state index in [1.54, 1.807) is 30.3 Å². The number of nitrogens with one attached hydrogen (secondary N) is 5. The Morgan fingerprint density at radius 1 is 0.576 bits per heavy atom. The number of guanidine groups is 2. The van der Waals surface area contributed by atoms with E-state index in [0.717, 1.165) is 0 Å². The highest BCUT2D eigenvalue weighted by atomic mass is 16.2. The first-order valence-electron chi connectivity index (χ1n) is 19.5. The summed E-state index contributed by atoms with van der Waals surface area (Å²) in [4.78, 5) is 99.9. The zero-order valence-electron chi connectivity index (χ0n) is 34.0. The number of primary amides is 2. The summed E-state index contributed by atoms with van der Waals surface area (Å²) >= 11 is 0. The molecule has 0 aliphatic rings. The van der Waals surface area contributed by atoms with Crippen molar-refractivity contribution in [1.29, 1.82) is 0 Å². The number of carbonyl (C=O) groups is 7. The molecule has 0 aromatic heterocycles. The summed E-state index contributed by atoms with van der Waals surface area (Å²) in [5, 5.41) is 13.1. The Labute approximate surface area is 344 Å². The minimum Gasteiger partial charge on any atom is -0.370 e. The van der Waals surface area contributed by atoms with Gasteiger partial charge in [0.2, 0.25) is 41.4 Å². The normalized spacial score (nSPS) is 13.9. The summed E-state index contributed by atoms with van der Waals surface area (Å²) in [6.07, 6.45) is 1.64. The molecule has 22 nitrogen and oxygen atoms in total. The van der Waals surface area contributed by atoms with E-state index in [0.29, 0.717) is 31.4 Å². The number of benzene rings is 1. The van der Waals surface area contributed by atoms with Crippen molar-refractivity contribution in [3.8, 4) is 0 Å². The SMILES string of the molecule is CC(C)CC(NC(=O)C(CCCN=C(N)N)NC(=O)C(CCCN=C(N)N)NC(=O)C(N)CCCCN)C(=O)NC(Cc1ccccc1)C(=O)NC(CC(N)=O)C(N)=O. The van der Waals surface area contributed by atoms with Gasteiger partial charge in [-0.1, -0.05) is 50.6 Å². The summed E-state index contributed by atoms with van der Waals surface area (Å²) in [6, 6.07) is 1.33. The first kappa shape index (κ1) is 51.0. The van der Waals surface area contributed by atoms with Crippen LogP contribution >= 0.6 is 0 Å². The van der Waals surface area contributed by atoms with Gasteiger partial charge in [0.05, 0.1) is 12.5 Å². The number of nitrogens with zero attached hydrogens (tertiary/aromatic N) is 2. The number of hydrogen-bond donors (Lipinski definition) is 13. The smallest absolute Gasteiger partial charge is 0.243 e. The third-order valence-corrected chi connectivity index (χ3v) is 8.78. The second-order valence-corrected chi connectivity index (χ2v) is 14.5. The Hall–Kier alpha value is -6.03. The molecule has 1 aromatic carbocycles. The molecule has 0 fully saturated rings. The number of rotatable bonds is 29. The minimum atomic E-state index is -1.45. The van der Waals surface area contributed by atoms with Gasteiger partial charge in [-0.25, -0.2) is 0 Å². The van der Waals surface area contributed by atoms with Crippen molar-refractivity contribution >= 4 is 53.3 Å². The maximum atomic E-state index is 14.0. The van der Waals surface area contributed by atoms with Crippen LogP contribution < -0.4 is 72.5 Å². The molecule has 1 aromatic rings. The molecule has 0 heterocycles. The Bertz CT molecular complexity index is 1580. The fraction of sp³-hybridized carbons (Fsp3) is 0.595. The Morgan fingerprint density at radius 2 is 1.03 bits per heavy atom. The predicted octanol–water partition coefficient (Wildman–Crippen LogP) is -4.38. The molecule has 6 unspecified atom stereocenters. The average molecular weight is 832 g/mol. The number of nitrogens with two attached hydrogens (primary N) is 8. The zero-order valence-corrected chi connectivity index (χ0v) is 34.0. The molecule has 22 heteroatoms. The topological polar surface area (TPSA) is 413 Å². The van der Waals surface area contributed by atoms with Crippen molar-refractivity contribution in [2.45, 2.75) is 114 Å². The fourth-order valence-corrected chi connectivity index (χ4v) is 5.74. The van der Waals surface area contributed by atoms with Crippen molar-refractivity contribution in [1.82, 2.24) is 26.6 Å². The van der Waals surface area contributed by atoms with Crippen LogP contribution in [0, 0.1) is 5.92 Å². The zero-order chi connectivity index (χ0) is 44.5. The van der Waals surface area contributed by atoms with Crippen molar-refractivity contribution in [2.75, 3.05) is 19.6 Å². The van der Waals surface area contributed by atoms with E-state index in [1.807, 2.05) is 13.8 Å². The van der Waals surface area contributed by atoms with Gasteiger partial charge in [-0.15, -0.1) is 0 Å². The number of unbranched alkanes of at least 4 members (excludes halogenated alkanes) is 1.